The van der Waals surface area contributed by atoms with Gasteiger partial charge in [-0.25, -0.2) is 9.07 Å². The summed E-state index contributed by atoms with van der Waals surface area (Å²) in [5, 5.41) is 17.0. The van der Waals surface area contributed by atoms with E-state index in [-0.39, 0.29) is 5.75 Å². The minimum atomic E-state index is -0.689. The third-order valence-corrected chi connectivity index (χ3v) is 2.34. The van der Waals surface area contributed by atoms with E-state index in [0.717, 1.165) is 0 Å². The van der Waals surface area contributed by atoms with Gasteiger partial charge in [-0.05, 0) is 19.1 Å². The summed E-state index contributed by atoms with van der Waals surface area (Å²) in [4.78, 5) is 0. The molecule has 1 N–H and O–H groups in total. The van der Waals surface area contributed by atoms with E-state index in [4.69, 9.17) is 4.74 Å². The fraction of sp³-hybridized carbons (Fsp3) is 0.273. The van der Waals surface area contributed by atoms with Crippen molar-refractivity contribution in [3.05, 3.63) is 35.9 Å². The van der Waals surface area contributed by atoms with Crippen LogP contribution in [0, 0.1) is 5.82 Å². The van der Waals surface area contributed by atoms with E-state index in [1.165, 1.54) is 23.9 Å². The van der Waals surface area contributed by atoms with Crippen molar-refractivity contribution in [2.45, 2.75) is 13.0 Å². The number of rotatable bonds is 3. The van der Waals surface area contributed by atoms with Gasteiger partial charge in [0.2, 0.25) is 0 Å². The summed E-state index contributed by atoms with van der Waals surface area (Å²) >= 11 is 0. The van der Waals surface area contributed by atoms with Crippen LogP contribution in [0.3, 0.4) is 0 Å². The molecule has 0 aliphatic rings. The highest BCUT2D eigenvalue weighted by molar-refractivity contribution is 5.39. The summed E-state index contributed by atoms with van der Waals surface area (Å²) < 4.78 is 19.5. The maximum atomic E-state index is 13.2. The van der Waals surface area contributed by atoms with Crippen LogP contribution in [-0.4, -0.2) is 27.2 Å². The Morgan fingerprint density at radius 2 is 2.24 bits per heavy atom. The Morgan fingerprint density at radius 1 is 1.47 bits per heavy atom. The second kappa shape index (κ2) is 4.50. The molecule has 0 aliphatic heterocycles. The molecule has 1 atom stereocenters. The maximum absolute atomic E-state index is 13.2. The number of hydrogen-bond acceptors (Lipinski definition) is 4. The van der Waals surface area contributed by atoms with E-state index >= 15 is 0 Å². The predicted molar refractivity (Wildman–Crippen MR) is 58.5 cm³/mol. The van der Waals surface area contributed by atoms with Gasteiger partial charge in [-0.3, -0.25) is 0 Å². The molecule has 2 aromatic rings. The largest absolute Gasteiger partial charge is 0.494 e. The van der Waals surface area contributed by atoms with Gasteiger partial charge in [0, 0.05) is 6.07 Å². The zero-order valence-electron chi connectivity index (χ0n) is 9.46. The van der Waals surface area contributed by atoms with Crippen molar-refractivity contribution in [1.29, 1.82) is 0 Å². The van der Waals surface area contributed by atoms with Crippen LogP contribution in [0.15, 0.2) is 24.4 Å². The van der Waals surface area contributed by atoms with Crippen molar-refractivity contribution in [2.24, 2.45) is 0 Å². The van der Waals surface area contributed by atoms with Crippen LogP contribution in [0.2, 0.25) is 0 Å². The highest BCUT2D eigenvalue weighted by Gasteiger charge is 2.09. The number of aliphatic hydroxyl groups is 1. The molecule has 1 heterocycles. The molecule has 17 heavy (non-hydrogen) atoms. The number of ether oxygens (including phenoxy) is 1. The highest BCUT2D eigenvalue weighted by atomic mass is 19.1. The van der Waals surface area contributed by atoms with Crippen LogP contribution in [0.1, 0.15) is 18.7 Å². The second-order valence-corrected chi connectivity index (χ2v) is 3.58. The molecule has 0 amide bonds. The molecule has 6 heteroatoms. The Morgan fingerprint density at radius 3 is 2.82 bits per heavy atom. The fourth-order valence-electron chi connectivity index (χ4n) is 1.39. The van der Waals surface area contributed by atoms with E-state index < -0.39 is 11.9 Å². The van der Waals surface area contributed by atoms with E-state index in [0.29, 0.717) is 11.4 Å². The second-order valence-electron chi connectivity index (χ2n) is 3.58. The molecule has 2 rings (SSSR count). The highest BCUT2D eigenvalue weighted by Crippen LogP contribution is 2.20. The Balaban J connectivity index is 2.38. The van der Waals surface area contributed by atoms with E-state index in [1.807, 2.05) is 0 Å². The molecule has 0 saturated heterocycles. The van der Waals surface area contributed by atoms with Crippen LogP contribution in [0.5, 0.6) is 5.75 Å². The van der Waals surface area contributed by atoms with Crippen LogP contribution in [0.25, 0.3) is 5.69 Å². The van der Waals surface area contributed by atoms with Crippen molar-refractivity contribution >= 4 is 0 Å². The number of halogens is 1. The normalized spacial score (nSPS) is 12.5. The lowest BCUT2D eigenvalue weighted by Gasteiger charge is -2.04. The Hall–Kier alpha value is -1.95. The molecule has 0 bridgehead atoms. The molecule has 5 nitrogen and oxygen atoms in total. The topological polar surface area (TPSA) is 60.2 Å². The number of aliphatic hydroxyl groups excluding tert-OH is 1. The molecular formula is C11H12FN3O2. The molecule has 0 saturated carbocycles. The Kier molecular flexibility index (Phi) is 3.06. The van der Waals surface area contributed by atoms with Crippen LogP contribution in [-0.2, 0) is 0 Å². The molecule has 0 fully saturated rings. The lowest BCUT2D eigenvalue weighted by molar-refractivity contribution is 0.194. The lowest BCUT2D eigenvalue weighted by Crippen LogP contribution is -1.97. The van der Waals surface area contributed by atoms with Gasteiger partial charge < -0.3 is 9.84 Å². The SMILES string of the molecule is COc1cc(-n2cc(C(C)O)nn2)ccc1F. The smallest absolute Gasteiger partial charge is 0.165 e. The van der Waals surface area contributed by atoms with Crippen molar-refractivity contribution in [2.75, 3.05) is 7.11 Å². The summed E-state index contributed by atoms with van der Waals surface area (Å²) in [5.74, 6) is -0.302. The van der Waals surface area contributed by atoms with Gasteiger partial charge in [-0.2, -0.15) is 0 Å². The third kappa shape index (κ3) is 2.26. The molecule has 0 radical (unpaired) electrons. The Labute approximate surface area is 97.5 Å². The first-order valence-corrected chi connectivity index (χ1v) is 5.06. The van der Waals surface area contributed by atoms with Crippen LogP contribution >= 0.6 is 0 Å². The zero-order chi connectivity index (χ0) is 12.4. The monoisotopic (exact) mass is 237 g/mol. The zero-order valence-corrected chi connectivity index (χ0v) is 9.46. The first-order chi connectivity index (χ1) is 8.11. The van der Waals surface area contributed by atoms with Gasteiger partial charge in [-0.1, -0.05) is 5.21 Å². The Bertz CT molecular complexity index is 525. The van der Waals surface area contributed by atoms with E-state index in [9.17, 15) is 9.50 Å². The minimum absolute atomic E-state index is 0.136. The van der Waals surface area contributed by atoms with E-state index in [2.05, 4.69) is 10.3 Å². The summed E-state index contributed by atoms with van der Waals surface area (Å²) in [6, 6.07) is 4.35. The van der Waals surface area contributed by atoms with Gasteiger partial charge in [0.1, 0.15) is 5.69 Å². The van der Waals surface area contributed by atoms with Crippen molar-refractivity contribution in [3.8, 4) is 11.4 Å². The van der Waals surface area contributed by atoms with Gasteiger partial charge in [0.15, 0.2) is 11.6 Å². The van der Waals surface area contributed by atoms with Crippen molar-refractivity contribution in [3.63, 3.8) is 0 Å². The molecular weight excluding hydrogens is 225 g/mol. The molecule has 1 aromatic heterocycles. The molecule has 1 aromatic carbocycles. The van der Waals surface area contributed by atoms with Crippen LogP contribution in [0.4, 0.5) is 4.39 Å². The van der Waals surface area contributed by atoms with Crippen molar-refractivity contribution < 1.29 is 14.2 Å². The van der Waals surface area contributed by atoms with Gasteiger partial charge in [0.05, 0.1) is 25.1 Å². The first-order valence-electron chi connectivity index (χ1n) is 5.06. The number of methoxy groups -OCH3 is 1. The van der Waals surface area contributed by atoms with Gasteiger partial charge in [0.25, 0.3) is 0 Å². The van der Waals surface area contributed by atoms with E-state index in [1.54, 1.807) is 19.2 Å². The quantitative estimate of drug-likeness (QED) is 0.878. The molecule has 1 unspecified atom stereocenters. The minimum Gasteiger partial charge on any atom is -0.494 e. The number of aromatic nitrogens is 3. The van der Waals surface area contributed by atoms with Gasteiger partial charge in [-0.15, -0.1) is 5.10 Å². The first kappa shape index (κ1) is 11.5. The molecule has 0 spiro atoms. The predicted octanol–water partition coefficient (Wildman–Crippen LogP) is 1.47. The van der Waals surface area contributed by atoms with Crippen molar-refractivity contribution in [1.82, 2.24) is 15.0 Å². The standard InChI is InChI=1S/C11H12FN3O2/c1-7(16)10-6-15(14-13-10)8-3-4-9(12)11(5-8)17-2/h3-7,16H,1-2H3. The summed E-state index contributed by atoms with van der Waals surface area (Å²) in [5.41, 5.74) is 1.07. The van der Waals surface area contributed by atoms with Crippen LogP contribution < -0.4 is 4.74 Å². The summed E-state index contributed by atoms with van der Waals surface area (Å²) in [6.07, 6.45) is 0.892. The molecule has 90 valence electrons. The van der Waals surface area contributed by atoms with Gasteiger partial charge >= 0.3 is 0 Å². The maximum Gasteiger partial charge on any atom is 0.165 e. The number of nitrogens with zero attached hydrogens (tertiary/aromatic N) is 3. The average Bonchev–Trinajstić information content (AvgIpc) is 2.79. The fourth-order valence-corrected chi connectivity index (χ4v) is 1.39. The summed E-state index contributed by atoms with van der Waals surface area (Å²) in [7, 11) is 1.39. The summed E-state index contributed by atoms with van der Waals surface area (Å²) in [6.45, 7) is 1.60. The average molecular weight is 237 g/mol. The number of hydrogen-bond donors (Lipinski definition) is 1. The number of benzene rings is 1. The third-order valence-electron chi connectivity index (χ3n) is 2.34. The lowest BCUT2D eigenvalue weighted by atomic mass is 10.3. The molecule has 0 aliphatic carbocycles.